The number of terminal acetylenes is 1. The van der Waals surface area contributed by atoms with Crippen LogP contribution in [0.3, 0.4) is 0 Å². The van der Waals surface area contributed by atoms with E-state index in [4.69, 9.17) is 6.42 Å². The molecule has 4 heteroatoms. The van der Waals surface area contributed by atoms with Crippen LogP contribution >= 0.6 is 0 Å². The zero-order valence-electron chi connectivity index (χ0n) is 10.3. The second-order valence-corrected chi connectivity index (χ2v) is 4.84. The van der Waals surface area contributed by atoms with E-state index in [1.165, 1.54) is 0 Å². The predicted molar refractivity (Wildman–Crippen MR) is 63.9 cm³/mol. The third-order valence-corrected chi connectivity index (χ3v) is 3.62. The van der Waals surface area contributed by atoms with E-state index in [2.05, 4.69) is 11.2 Å². The number of hydrogen-bond donors (Lipinski definition) is 1. The quantitative estimate of drug-likeness (QED) is 0.724. The third kappa shape index (κ3) is 2.02. The van der Waals surface area contributed by atoms with Gasteiger partial charge in [-0.1, -0.05) is 12.8 Å². The monoisotopic (exact) mass is 234 g/mol. The summed E-state index contributed by atoms with van der Waals surface area (Å²) in [5.74, 6) is 2.83. The van der Waals surface area contributed by atoms with Gasteiger partial charge in [0, 0.05) is 0 Å². The number of piperazine rings is 1. The number of nitrogens with one attached hydrogen (secondary N) is 1. The molecule has 3 atom stereocenters. The van der Waals surface area contributed by atoms with E-state index in [9.17, 15) is 9.59 Å². The van der Waals surface area contributed by atoms with Gasteiger partial charge in [-0.05, 0) is 32.1 Å². The van der Waals surface area contributed by atoms with Crippen molar-refractivity contribution in [3.8, 4) is 12.3 Å². The first kappa shape index (κ1) is 12.0. The highest BCUT2D eigenvalue weighted by molar-refractivity contribution is 5.97. The average molecular weight is 234 g/mol. The Labute approximate surface area is 102 Å². The van der Waals surface area contributed by atoms with Gasteiger partial charge in [0.25, 0.3) is 0 Å². The fraction of sp³-hybridized carbons (Fsp3) is 0.692. The second-order valence-electron chi connectivity index (χ2n) is 4.84. The topological polar surface area (TPSA) is 49.4 Å². The molecule has 0 radical (unpaired) electrons. The van der Waals surface area contributed by atoms with E-state index < -0.39 is 6.04 Å². The van der Waals surface area contributed by atoms with E-state index in [1.807, 2.05) is 6.92 Å². The average Bonchev–Trinajstić information content (AvgIpc) is 3.13. The first-order chi connectivity index (χ1) is 8.10. The number of carbonyl (C=O) groups is 2. The van der Waals surface area contributed by atoms with Crippen molar-refractivity contribution >= 4 is 11.8 Å². The summed E-state index contributed by atoms with van der Waals surface area (Å²) >= 11 is 0. The molecule has 0 aromatic carbocycles. The Bertz CT molecular complexity index is 381. The molecule has 2 amide bonds. The molecule has 2 rings (SSSR count). The van der Waals surface area contributed by atoms with Gasteiger partial charge in [-0.25, -0.2) is 0 Å². The molecule has 1 heterocycles. The van der Waals surface area contributed by atoms with E-state index in [-0.39, 0.29) is 23.9 Å². The highest BCUT2D eigenvalue weighted by Gasteiger charge is 2.46. The van der Waals surface area contributed by atoms with Gasteiger partial charge in [0.05, 0.1) is 6.04 Å². The Morgan fingerprint density at radius 1 is 1.53 bits per heavy atom. The van der Waals surface area contributed by atoms with Crippen LogP contribution < -0.4 is 5.32 Å². The summed E-state index contributed by atoms with van der Waals surface area (Å²) in [6.07, 6.45) is 8.16. The molecule has 2 fully saturated rings. The van der Waals surface area contributed by atoms with Crippen LogP contribution in [0.4, 0.5) is 0 Å². The summed E-state index contributed by atoms with van der Waals surface area (Å²) in [7, 11) is 0. The molecule has 3 unspecified atom stereocenters. The molecule has 1 aliphatic heterocycles. The van der Waals surface area contributed by atoms with Gasteiger partial charge < -0.3 is 10.2 Å². The third-order valence-electron chi connectivity index (χ3n) is 3.62. The van der Waals surface area contributed by atoms with Crippen LogP contribution in [0.1, 0.15) is 33.1 Å². The number of nitrogens with zero attached hydrogens (tertiary/aromatic N) is 1. The van der Waals surface area contributed by atoms with Gasteiger partial charge in [0.2, 0.25) is 11.8 Å². The lowest BCUT2D eigenvalue weighted by Gasteiger charge is -2.40. The van der Waals surface area contributed by atoms with Crippen molar-refractivity contribution < 1.29 is 9.59 Å². The fourth-order valence-electron chi connectivity index (χ4n) is 2.38. The highest BCUT2D eigenvalue weighted by atomic mass is 16.2. The molecule has 2 aliphatic rings. The van der Waals surface area contributed by atoms with Gasteiger partial charge in [0.1, 0.15) is 12.1 Å². The number of rotatable bonds is 3. The van der Waals surface area contributed by atoms with E-state index in [0.29, 0.717) is 12.3 Å². The molecule has 0 aromatic rings. The summed E-state index contributed by atoms with van der Waals surface area (Å²) < 4.78 is 0. The van der Waals surface area contributed by atoms with Crippen LogP contribution in [-0.2, 0) is 9.59 Å². The Morgan fingerprint density at radius 3 is 2.65 bits per heavy atom. The van der Waals surface area contributed by atoms with Crippen molar-refractivity contribution in [2.45, 2.75) is 51.2 Å². The van der Waals surface area contributed by atoms with E-state index in [0.717, 1.165) is 12.8 Å². The lowest BCUT2D eigenvalue weighted by Crippen LogP contribution is -2.65. The van der Waals surface area contributed by atoms with Crippen molar-refractivity contribution in [1.29, 1.82) is 0 Å². The highest BCUT2D eigenvalue weighted by Crippen LogP contribution is 2.35. The molecule has 1 saturated heterocycles. The largest absolute Gasteiger partial charge is 0.342 e. The molecule has 0 spiro atoms. The number of carbonyl (C=O) groups excluding carboxylic acids is 2. The first-order valence-corrected chi connectivity index (χ1v) is 6.18. The van der Waals surface area contributed by atoms with Gasteiger partial charge in [0.15, 0.2) is 0 Å². The van der Waals surface area contributed by atoms with Crippen LogP contribution in [0.25, 0.3) is 0 Å². The lowest BCUT2D eigenvalue weighted by atomic mass is 10.0. The maximum absolute atomic E-state index is 12.3. The number of hydrogen-bond acceptors (Lipinski definition) is 2. The fourth-order valence-corrected chi connectivity index (χ4v) is 2.38. The SMILES string of the molecule is C#CC(CC)N1C(=O)C(C2CC2)NC(=O)C1C. The molecular weight excluding hydrogens is 216 g/mol. The van der Waals surface area contributed by atoms with Gasteiger partial charge >= 0.3 is 0 Å². The minimum atomic E-state index is -0.460. The van der Waals surface area contributed by atoms with Gasteiger partial charge in [-0.15, -0.1) is 6.42 Å². The Hall–Kier alpha value is -1.50. The van der Waals surface area contributed by atoms with E-state index >= 15 is 0 Å². The zero-order valence-corrected chi connectivity index (χ0v) is 10.3. The summed E-state index contributed by atoms with van der Waals surface area (Å²) in [4.78, 5) is 25.8. The Kier molecular flexibility index (Phi) is 3.10. The minimum absolute atomic E-state index is 0.00981. The first-order valence-electron chi connectivity index (χ1n) is 6.18. The molecular formula is C13H18N2O2. The van der Waals surface area contributed by atoms with Gasteiger partial charge in [-0.3, -0.25) is 9.59 Å². The van der Waals surface area contributed by atoms with Crippen LogP contribution in [0, 0.1) is 18.3 Å². The van der Waals surface area contributed by atoms with Crippen molar-refractivity contribution in [1.82, 2.24) is 10.2 Å². The zero-order chi connectivity index (χ0) is 12.6. The summed E-state index contributed by atoms with van der Waals surface area (Å²) in [6.45, 7) is 3.67. The smallest absolute Gasteiger partial charge is 0.247 e. The summed E-state index contributed by atoms with van der Waals surface area (Å²) in [5.41, 5.74) is 0. The normalized spacial score (nSPS) is 30.8. The van der Waals surface area contributed by atoms with Gasteiger partial charge in [-0.2, -0.15) is 0 Å². The Morgan fingerprint density at radius 2 is 2.18 bits per heavy atom. The summed E-state index contributed by atoms with van der Waals surface area (Å²) in [5, 5.41) is 2.81. The Balaban J connectivity index is 2.23. The standard InChI is InChI=1S/C13H18N2O2/c1-4-10(5-2)15-8(3)12(16)14-11(13(15)17)9-6-7-9/h1,8-11H,5-7H2,2-3H3,(H,14,16). The van der Waals surface area contributed by atoms with Crippen molar-refractivity contribution in [3.05, 3.63) is 0 Å². The van der Waals surface area contributed by atoms with Crippen molar-refractivity contribution in [2.75, 3.05) is 0 Å². The molecule has 1 aliphatic carbocycles. The lowest BCUT2D eigenvalue weighted by molar-refractivity contribution is -0.150. The van der Waals surface area contributed by atoms with E-state index in [1.54, 1.807) is 11.8 Å². The van der Waals surface area contributed by atoms with Crippen LogP contribution in [-0.4, -0.2) is 34.8 Å². The molecule has 0 aromatic heterocycles. The maximum Gasteiger partial charge on any atom is 0.247 e. The molecule has 1 N–H and O–H groups in total. The molecule has 0 bridgehead atoms. The maximum atomic E-state index is 12.3. The second kappa shape index (κ2) is 4.40. The van der Waals surface area contributed by atoms with Crippen LogP contribution in [0.15, 0.2) is 0 Å². The summed E-state index contributed by atoms with van der Waals surface area (Å²) in [6, 6.07) is -1.08. The van der Waals surface area contributed by atoms with Crippen LogP contribution in [0.2, 0.25) is 0 Å². The molecule has 4 nitrogen and oxygen atoms in total. The minimum Gasteiger partial charge on any atom is -0.342 e. The van der Waals surface area contributed by atoms with Crippen molar-refractivity contribution in [2.24, 2.45) is 5.92 Å². The van der Waals surface area contributed by atoms with Crippen molar-refractivity contribution in [3.63, 3.8) is 0 Å². The molecule has 1 saturated carbocycles. The molecule has 17 heavy (non-hydrogen) atoms. The number of amides is 2. The predicted octanol–water partition coefficient (Wildman–Crippen LogP) is 0.524. The molecule has 92 valence electrons. The van der Waals surface area contributed by atoms with Crippen LogP contribution in [0.5, 0.6) is 0 Å².